The first-order valence-electron chi connectivity index (χ1n) is 16.8. The molecule has 0 saturated heterocycles. The lowest BCUT2D eigenvalue weighted by atomic mass is 9.94. The van der Waals surface area contributed by atoms with Crippen LogP contribution in [0.1, 0.15) is 35.0 Å². The van der Waals surface area contributed by atoms with Gasteiger partial charge in [0.05, 0.1) is 33.9 Å². The van der Waals surface area contributed by atoms with Crippen LogP contribution in [-0.4, -0.2) is 21.7 Å². The van der Waals surface area contributed by atoms with Gasteiger partial charge in [0.2, 0.25) is 0 Å². The van der Waals surface area contributed by atoms with E-state index in [1.807, 2.05) is 128 Å². The molecule has 5 aromatic carbocycles. The van der Waals surface area contributed by atoms with E-state index in [4.69, 9.17) is 4.98 Å². The van der Waals surface area contributed by atoms with Crippen LogP contribution in [0.3, 0.4) is 0 Å². The molecular weight excluding hydrogens is 651 g/mol. The largest absolute Gasteiger partial charge is 0.262 e. The number of nitriles is 3. The summed E-state index contributed by atoms with van der Waals surface area (Å²) < 4.78 is 0. The summed E-state index contributed by atoms with van der Waals surface area (Å²) in [6.07, 6.45) is 3.79. The maximum absolute atomic E-state index is 10.1. The summed E-state index contributed by atoms with van der Waals surface area (Å²) in [5, 5.41) is 32.3. The third-order valence-corrected chi connectivity index (χ3v) is 9.40. The van der Waals surface area contributed by atoms with Gasteiger partial charge in [-0.25, -0.2) is 9.97 Å². The maximum Gasteiger partial charge on any atom is 0.141 e. The van der Waals surface area contributed by atoms with Crippen LogP contribution in [0.4, 0.5) is 5.69 Å². The van der Waals surface area contributed by atoms with Crippen molar-refractivity contribution in [3.05, 3.63) is 156 Å². The highest BCUT2D eigenvalue weighted by molar-refractivity contribution is 6.09. The topological polar surface area (TPSA) is 122 Å². The van der Waals surface area contributed by atoms with Crippen molar-refractivity contribution in [2.45, 2.75) is 6.92 Å². The van der Waals surface area contributed by atoms with Gasteiger partial charge in [0.15, 0.2) is 0 Å². The molecule has 53 heavy (non-hydrogen) atoms. The van der Waals surface area contributed by atoms with Gasteiger partial charge in [-0.3, -0.25) is 9.98 Å². The van der Waals surface area contributed by atoms with Crippen molar-refractivity contribution >= 4 is 56.8 Å². The summed E-state index contributed by atoms with van der Waals surface area (Å²) in [6.45, 7) is 5.85. The minimum absolute atomic E-state index is 0.292. The number of hydrogen-bond acceptors (Lipinski definition) is 7. The van der Waals surface area contributed by atoms with Crippen molar-refractivity contribution in [3.63, 3.8) is 0 Å². The van der Waals surface area contributed by atoms with Gasteiger partial charge in [0, 0.05) is 33.5 Å². The number of nitrogens with zero attached hydrogens (tertiary/aromatic N) is 7. The molecule has 0 aliphatic rings. The monoisotopic (exact) mass is 677 g/mol. The molecule has 7 nitrogen and oxygen atoms in total. The predicted molar refractivity (Wildman–Crippen MR) is 212 cm³/mol. The molecule has 0 aliphatic carbocycles. The lowest BCUT2D eigenvalue weighted by Gasteiger charge is -2.13. The molecule has 0 fully saturated rings. The van der Waals surface area contributed by atoms with Crippen molar-refractivity contribution in [1.82, 2.24) is 15.0 Å². The smallest absolute Gasteiger partial charge is 0.141 e. The second-order valence-electron chi connectivity index (χ2n) is 12.6. The minimum atomic E-state index is 0.292. The Morgan fingerprint density at radius 3 is 1.87 bits per heavy atom. The molecule has 246 valence electrons. The summed E-state index contributed by atoms with van der Waals surface area (Å²) in [4.78, 5) is 18.6. The highest BCUT2D eigenvalue weighted by Crippen LogP contribution is 2.38. The van der Waals surface area contributed by atoms with Crippen LogP contribution >= 0.6 is 0 Å². The van der Waals surface area contributed by atoms with Crippen LogP contribution < -0.4 is 0 Å². The Labute approximate surface area is 305 Å². The molecule has 0 radical (unpaired) electrons. The second-order valence-corrected chi connectivity index (χ2v) is 12.6. The minimum Gasteiger partial charge on any atom is -0.262 e. The molecule has 8 rings (SSSR count). The van der Waals surface area contributed by atoms with Gasteiger partial charge < -0.3 is 0 Å². The Morgan fingerprint density at radius 1 is 0.623 bits per heavy atom. The molecule has 8 aromatic rings. The average molecular weight is 678 g/mol. The van der Waals surface area contributed by atoms with Crippen molar-refractivity contribution in [2.24, 2.45) is 4.99 Å². The predicted octanol–water partition coefficient (Wildman–Crippen LogP) is 10.8. The Morgan fingerprint density at radius 2 is 1.25 bits per heavy atom. The fourth-order valence-electron chi connectivity index (χ4n) is 6.85. The zero-order chi connectivity index (χ0) is 36.5. The molecule has 0 unspecified atom stereocenters. The van der Waals surface area contributed by atoms with Gasteiger partial charge in [0.25, 0.3) is 0 Å². The van der Waals surface area contributed by atoms with Crippen LogP contribution in [0.15, 0.2) is 133 Å². The lowest BCUT2D eigenvalue weighted by Crippen LogP contribution is -1.93. The number of aliphatic imine (C=N–C) groups is 1. The highest BCUT2D eigenvalue weighted by Gasteiger charge is 2.16. The van der Waals surface area contributed by atoms with Crippen molar-refractivity contribution in [1.29, 1.82) is 15.8 Å². The number of rotatable bonds is 6. The number of hydrogen-bond donors (Lipinski definition) is 0. The Bertz CT molecular complexity index is 2940. The average Bonchev–Trinajstić information content (AvgIpc) is 3.22. The van der Waals surface area contributed by atoms with Gasteiger partial charge in [-0.2, -0.15) is 15.8 Å². The summed E-state index contributed by atoms with van der Waals surface area (Å²) in [5.74, 6) is 0. The first-order valence-corrected chi connectivity index (χ1v) is 16.8. The standard InChI is InChI=1S/C46H27N7/c1-28(17-32-13-15-39-41(30-9-5-3-6-10-30)22-37(25-48)52-45(39)43(32)50-2)34-18-29(24-47)19-35(21-34)36-20-33-14-16-40-42(31-11-7-4-8-12-31)23-38(26-49)53-46(40)44(33)51-27-36/h3-23,27H,2H2,1H3/b28-17+. The highest BCUT2D eigenvalue weighted by atomic mass is 14.8. The van der Waals surface area contributed by atoms with E-state index in [0.717, 1.165) is 66.2 Å². The van der Waals surface area contributed by atoms with E-state index in [-0.39, 0.29) is 0 Å². The number of fused-ring (bicyclic) bond motifs is 4. The van der Waals surface area contributed by atoms with Crippen molar-refractivity contribution in [2.75, 3.05) is 0 Å². The molecule has 0 aliphatic heterocycles. The molecule has 0 atom stereocenters. The van der Waals surface area contributed by atoms with E-state index in [2.05, 4.69) is 39.9 Å². The Balaban J connectivity index is 1.22. The first-order chi connectivity index (χ1) is 26.0. The van der Waals surface area contributed by atoms with Crippen LogP contribution in [0, 0.1) is 34.0 Å². The molecule has 7 heteroatoms. The van der Waals surface area contributed by atoms with Crippen molar-refractivity contribution < 1.29 is 0 Å². The van der Waals surface area contributed by atoms with Gasteiger partial charge in [-0.15, -0.1) is 0 Å². The number of pyridine rings is 3. The van der Waals surface area contributed by atoms with E-state index in [1.54, 1.807) is 12.3 Å². The lowest BCUT2D eigenvalue weighted by molar-refractivity contribution is 1.32. The SMILES string of the molecule is C=Nc1c(/C=C(\C)c2cc(C#N)cc(-c3cnc4c(ccc5c(-c6ccccc6)cc(C#N)nc54)c3)c2)ccc2c(-c3ccccc3)cc(C#N)nc12. The molecule has 3 heterocycles. The number of aromatic nitrogens is 3. The van der Waals surface area contributed by atoms with Gasteiger partial charge in [-0.1, -0.05) is 84.9 Å². The van der Waals surface area contributed by atoms with E-state index in [1.165, 1.54) is 0 Å². The number of allylic oxidation sites excluding steroid dienone is 1. The van der Waals surface area contributed by atoms with Gasteiger partial charge >= 0.3 is 0 Å². The number of benzene rings is 5. The molecule has 0 saturated carbocycles. The summed E-state index contributed by atoms with van der Waals surface area (Å²) >= 11 is 0. The quantitative estimate of drug-likeness (QED) is 0.0980. The molecular formula is C46H27N7. The molecule has 3 aromatic heterocycles. The van der Waals surface area contributed by atoms with Crippen LogP contribution in [0.25, 0.3) is 77.7 Å². The van der Waals surface area contributed by atoms with Gasteiger partial charge in [-0.05, 0) is 95.1 Å². The fourth-order valence-corrected chi connectivity index (χ4v) is 6.85. The Kier molecular flexibility index (Phi) is 8.25. The summed E-state index contributed by atoms with van der Waals surface area (Å²) in [5.41, 5.74) is 11.6. The van der Waals surface area contributed by atoms with Crippen LogP contribution in [0.2, 0.25) is 0 Å². The third kappa shape index (κ3) is 5.93. The zero-order valence-corrected chi connectivity index (χ0v) is 28.5. The van der Waals surface area contributed by atoms with Gasteiger partial charge in [0.1, 0.15) is 23.5 Å². The van der Waals surface area contributed by atoms with E-state index in [0.29, 0.717) is 39.2 Å². The zero-order valence-electron chi connectivity index (χ0n) is 28.5. The normalized spacial score (nSPS) is 11.2. The molecule has 0 amide bonds. The van der Waals surface area contributed by atoms with E-state index in [9.17, 15) is 15.8 Å². The maximum atomic E-state index is 10.1. The van der Waals surface area contributed by atoms with Crippen molar-refractivity contribution in [3.8, 4) is 51.6 Å². The molecule has 0 bridgehead atoms. The van der Waals surface area contributed by atoms with E-state index < -0.39 is 0 Å². The van der Waals surface area contributed by atoms with Crippen LogP contribution in [0.5, 0.6) is 0 Å². The first kappa shape index (κ1) is 32.4. The third-order valence-electron chi connectivity index (χ3n) is 9.40. The van der Waals surface area contributed by atoms with Crippen LogP contribution in [-0.2, 0) is 0 Å². The fraction of sp³-hybridized carbons (Fsp3) is 0.0217. The summed E-state index contributed by atoms with van der Waals surface area (Å²) in [7, 11) is 0. The second kappa shape index (κ2) is 13.5. The molecule has 0 N–H and O–H groups in total. The Hall–Kier alpha value is -7.79. The summed E-state index contributed by atoms with van der Waals surface area (Å²) in [6, 6.07) is 46.0. The van der Waals surface area contributed by atoms with E-state index >= 15 is 0 Å². The molecule has 0 spiro atoms.